The van der Waals surface area contributed by atoms with E-state index in [4.69, 9.17) is 9.72 Å². The van der Waals surface area contributed by atoms with Gasteiger partial charge >= 0.3 is 0 Å². The number of pyridine rings is 1. The Morgan fingerprint density at radius 3 is 2.67 bits per heavy atom. The molecule has 8 nitrogen and oxygen atoms in total. The second kappa shape index (κ2) is 13.3. The second-order valence-electron chi connectivity index (χ2n) is 12.3. The van der Waals surface area contributed by atoms with Gasteiger partial charge in [-0.3, -0.25) is 9.69 Å². The summed E-state index contributed by atoms with van der Waals surface area (Å²) in [6, 6.07) is 18.8. The zero-order valence-electron chi connectivity index (χ0n) is 25.6. The Bertz CT molecular complexity index is 1420. The first-order valence-corrected chi connectivity index (χ1v) is 15.9. The molecule has 8 heteroatoms. The number of aliphatic hydroxyl groups excluding tert-OH is 1. The average Bonchev–Trinajstić information content (AvgIpc) is 3.07. The van der Waals surface area contributed by atoms with E-state index in [1.54, 1.807) is 7.11 Å². The fourth-order valence-electron chi connectivity index (χ4n) is 7.12. The SMILES string of the molecule is COc1ccccc1-c1ccc(C(=O)NCc2ccc3c(c2)CCCN3C)c(N2CCC(N3CCC[C@H](CO)C3)CC2)n1. The van der Waals surface area contributed by atoms with Gasteiger partial charge in [0, 0.05) is 63.7 Å². The molecule has 6 rings (SSSR count). The Balaban J connectivity index is 1.22. The molecule has 0 saturated carbocycles. The van der Waals surface area contributed by atoms with E-state index in [2.05, 4.69) is 45.3 Å². The first-order chi connectivity index (χ1) is 21.0. The van der Waals surface area contributed by atoms with Crippen molar-refractivity contribution in [2.24, 2.45) is 5.92 Å². The van der Waals surface area contributed by atoms with Gasteiger partial charge in [-0.1, -0.05) is 24.3 Å². The molecule has 2 aromatic carbocycles. The van der Waals surface area contributed by atoms with Gasteiger partial charge in [0.25, 0.3) is 5.91 Å². The highest BCUT2D eigenvalue weighted by atomic mass is 16.5. The minimum absolute atomic E-state index is 0.104. The standard InChI is InChI=1S/C35H45N5O3/c1-38-17-6-8-27-21-25(11-14-32(27)38)22-36-35(42)30-12-13-31(29-9-3-4-10-33(29)43-2)37-34(30)39-19-15-28(16-20-39)40-18-5-7-26(23-40)24-41/h3-4,9-14,21,26,28,41H,5-8,15-20,22-24H2,1-2H3,(H,36,42)/t26-/m0/s1. The number of aliphatic hydroxyl groups is 1. The summed E-state index contributed by atoms with van der Waals surface area (Å²) in [6.07, 6.45) is 6.54. The highest BCUT2D eigenvalue weighted by Crippen LogP contribution is 2.33. The molecule has 3 aromatic rings. The molecule has 0 unspecified atom stereocenters. The number of piperidine rings is 2. The van der Waals surface area contributed by atoms with Crippen LogP contribution in [0.4, 0.5) is 11.5 Å². The predicted molar refractivity (Wildman–Crippen MR) is 172 cm³/mol. The van der Waals surface area contributed by atoms with Crippen molar-refractivity contribution in [3.8, 4) is 17.0 Å². The molecule has 2 fully saturated rings. The van der Waals surface area contributed by atoms with Crippen LogP contribution >= 0.6 is 0 Å². The van der Waals surface area contributed by atoms with Gasteiger partial charge in [0.1, 0.15) is 11.6 Å². The van der Waals surface area contributed by atoms with Crippen LogP contribution in [0.3, 0.4) is 0 Å². The molecule has 2 saturated heterocycles. The summed E-state index contributed by atoms with van der Waals surface area (Å²) < 4.78 is 5.64. The van der Waals surface area contributed by atoms with Crippen molar-refractivity contribution in [3.05, 3.63) is 71.3 Å². The fraction of sp³-hybridized carbons (Fsp3) is 0.486. The van der Waals surface area contributed by atoms with Gasteiger partial charge in [0.2, 0.25) is 0 Å². The van der Waals surface area contributed by atoms with E-state index >= 15 is 0 Å². The van der Waals surface area contributed by atoms with Crippen molar-refractivity contribution in [2.75, 3.05) is 63.3 Å². The fourth-order valence-corrected chi connectivity index (χ4v) is 7.12. The number of methoxy groups -OCH3 is 1. The Morgan fingerprint density at radius 1 is 1.02 bits per heavy atom. The van der Waals surface area contributed by atoms with Gasteiger partial charge in [0.15, 0.2) is 0 Å². The molecule has 4 heterocycles. The third kappa shape index (κ3) is 6.50. The van der Waals surface area contributed by atoms with Crippen LogP contribution < -0.4 is 19.9 Å². The molecular formula is C35H45N5O3. The normalized spacial score (nSPS) is 19.7. The van der Waals surface area contributed by atoms with Crippen LogP contribution in [0.25, 0.3) is 11.3 Å². The van der Waals surface area contributed by atoms with Crippen molar-refractivity contribution in [1.29, 1.82) is 0 Å². The number of nitrogens with zero attached hydrogens (tertiary/aromatic N) is 4. The van der Waals surface area contributed by atoms with Crippen LogP contribution in [-0.4, -0.2) is 80.4 Å². The van der Waals surface area contributed by atoms with E-state index in [0.717, 1.165) is 99.6 Å². The highest BCUT2D eigenvalue weighted by molar-refractivity contribution is 5.99. The molecule has 1 atom stereocenters. The number of fused-ring (bicyclic) bond motifs is 1. The van der Waals surface area contributed by atoms with Crippen LogP contribution in [0, 0.1) is 5.92 Å². The lowest BCUT2D eigenvalue weighted by Gasteiger charge is -2.42. The van der Waals surface area contributed by atoms with Crippen LogP contribution in [0.2, 0.25) is 0 Å². The molecule has 2 N–H and O–H groups in total. The summed E-state index contributed by atoms with van der Waals surface area (Å²) in [5.74, 6) is 1.78. The minimum Gasteiger partial charge on any atom is -0.496 e. The maximum Gasteiger partial charge on any atom is 0.255 e. The first-order valence-electron chi connectivity index (χ1n) is 15.9. The van der Waals surface area contributed by atoms with Crippen molar-refractivity contribution < 1.29 is 14.6 Å². The number of rotatable bonds is 8. The zero-order valence-corrected chi connectivity index (χ0v) is 25.6. The molecular weight excluding hydrogens is 538 g/mol. The van der Waals surface area contributed by atoms with Crippen molar-refractivity contribution >= 4 is 17.4 Å². The smallest absolute Gasteiger partial charge is 0.255 e. The lowest BCUT2D eigenvalue weighted by Crippen LogP contribution is -2.49. The van der Waals surface area contributed by atoms with E-state index in [9.17, 15) is 9.90 Å². The maximum absolute atomic E-state index is 13.7. The molecule has 228 valence electrons. The Hall–Kier alpha value is -3.62. The van der Waals surface area contributed by atoms with E-state index in [1.807, 2.05) is 36.4 Å². The largest absolute Gasteiger partial charge is 0.496 e. The minimum atomic E-state index is -0.104. The number of ether oxygens (including phenoxy) is 1. The van der Waals surface area contributed by atoms with Crippen LogP contribution in [0.1, 0.15) is 53.6 Å². The summed E-state index contributed by atoms with van der Waals surface area (Å²) in [5, 5.41) is 12.9. The number of amides is 1. The number of benzene rings is 2. The molecule has 0 aliphatic carbocycles. The molecule has 0 spiro atoms. The van der Waals surface area contributed by atoms with E-state index in [0.29, 0.717) is 24.1 Å². The Labute approximate surface area is 255 Å². The maximum atomic E-state index is 13.7. The molecule has 3 aliphatic rings. The Kier molecular flexibility index (Phi) is 9.14. The second-order valence-corrected chi connectivity index (χ2v) is 12.3. The first kappa shape index (κ1) is 29.5. The van der Waals surface area contributed by atoms with Gasteiger partial charge in [-0.25, -0.2) is 4.98 Å². The number of carbonyl (C=O) groups is 1. The number of aromatic nitrogens is 1. The predicted octanol–water partition coefficient (Wildman–Crippen LogP) is 4.74. The van der Waals surface area contributed by atoms with Crippen molar-refractivity contribution in [1.82, 2.24) is 15.2 Å². The summed E-state index contributed by atoms with van der Waals surface area (Å²) in [7, 11) is 3.82. The van der Waals surface area contributed by atoms with Gasteiger partial charge < -0.3 is 25.0 Å². The average molecular weight is 584 g/mol. The van der Waals surface area contributed by atoms with Crippen LogP contribution in [0.5, 0.6) is 5.75 Å². The van der Waals surface area contributed by atoms with Crippen LogP contribution in [0.15, 0.2) is 54.6 Å². The molecule has 43 heavy (non-hydrogen) atoms. The van der Waals surface area contributed by atoms with Gasteiger partial charge in [-0.2, -0.15) is 0 Å². The number of nitrogens with one attached hydrogen (secondary N) is 1. The number of carbonyl (C=O) groups excluding carboxylic acids is 1. The van der Waals surface area contributed by atoms with Gasteiger partial charge in [-0.15, -0.1) is 0 Å². The molecule has 1 aromatic heterocycles. The number of hydrogen-bond donors (Lipinski definition) is 2. The number of para-hydroxylation sites is 1. The third-order valence-electron chi connectivity index (χ3n) is 9.54. The highest BCUT2D eigenvalue weighted by Gasteiger charge is 2.30. The summed E-state index contributed by atoms with van der Waals surface area (Å²) >= 11 is 0. The molecule has 0 bridgehead atoms. The van der Waals surface area contributed by atoms with Crippen LogP contribution in [-0.2, 0) is 13.0 Å². The molecule has 1 amide bonds. The molecule has 0 radical (unpaired) electrons. The summed E-state index contributed by atoms with van der Waals surface area (Å²) in [4.78, 5) is 26.0. The van der Waals surface area contributed by atoms with Crippen molar-refractivity contribution in [2.45, 2.75) is 51.1 Å². The van der Waals surface area contributed by atoms with Gasteiger partial charge in [0.05, 0.1) is 18.4 Å². The summed E-state index contributed by atoms with van der Waals surface area (Å²) in [6.45, 7) is 5.60. The molecule has 3 aliphatic heterocycles. The number of likely N-dealkylation sites (tertiary alicyclic amines) is 1. The lowest BCUT2D eigenvalue weighted by atomic mass is 9.94. The zero-order chi connectivity index (χ0) is 29.8. The Morgan fingerprint density at radius 2 is 1.86 bits per heavy atom. The third-order valence-corrected chi connectivity index (χ3v) is 9.54. The number of anilines is 2. The topological polar surface area (TPSA) is 81.2 Å². The van der Waals surface area contributed by atoms with E-state index in [-0.39, 0.29) is 12.5 Å². The van der Waals surface area contributed by atoms with E-state index < -0.39 is 0 Å². The summed E-state index contributed by atoms with van der Waals surface area (Å²) in [5.41, 5.74) is 6.08. The van der Waals surface area contributed by atoms with Gasteiger partial charge in [-0.05, 0) is 92.4 Å². The number of hydrogen-bond acceptors (Lipinski definition) is 7. The quantitative estimate of drug-likeness (QED) is 0.397. The van der Waals surface area contributed by atoms with Crippen molar-refractivity contribution in [3.63, 3.8) is 0 Å². The van der Waals surface area contributed by atoms with E-state index in [1.165, 1.54) is 11.3 Å². The monoisotopic (exact) mass is 583 g/mol. The lowest BCUT2D eigenvalue weighted by molar-refractivity contribution is 0.0777. The number of aryl methyl sites for hydroxylation is 1.